The number of thiophene rings is 1. The van der Waals surface area contributed by atoms with Crippen LogP contribution in [0.1, 0.15) is 15.2 Å². The molecule has 0 aliphatic rings. The van der Waals surface area contributed by atoms with Crippen LogP contribution in [0.2, 0.25) is 0 Å². The van der Waals surface area contributed by atoms with Crippen LogP contribution in [0.3, 0.4) is 0 Å². The second-order valence-corrected chi connectivity index (χ2v) is 7.27. The number of benzene rings is 2. The van der Waals surface area contributed by atoms with Gasteiger partial charge in [-0.25, -0.2) is 18.4 Å². The molecule has 1 N–H and O–H groups in total. The number of aryl methyl sites for hydroxylation is 1. The molecule has 5 nitrogen and oxygen atoms in total. The van der Waals surface area contributed by atoms with Gasteiger partial charge in [-0.1, -0.05) is 30.3 Å². The summed E-state index contributed by atoms with van der Waals surface area (Å²) in [6.45, 7) is 1.89. The molecule has 8 heteroatoms. The molecule has 0 spiro atoms. The average Bonchev–Trinajstić information content (AvgIpc) is 3.03. The monoisotopic (exact) mass is 397 g/mol. The number of amides is 1. The summed E-state index contributed by atoms with van der Waals surface area (Å²) in [6.07, 6.45) is 1.16. The molecule has 0 atom stereocenters. The fraction of sp³-hybridized carbons (Fsp3) is 0.0500. The van der Waals surface area contributed by atoms with Crippen LogP contribution >= 0.6 is 11.3 Å². The SMILES string of the molecule is Cc1sc2ncn(NC(=O)c3cc(F)ccc3F)c(=O)c2c1-c1ccccc1. The number of nitrogens with one attached hydrogen (secondary N) is 1. The number of carbonyl (C=O) groups is 1. The standard InChI is InChI=1S/C20H13F2N3O2S/c1-11-16(12-5-3-2-4-6-12)17-19(28-11)23-10-25(20(17)27)24-18(26)14-9-13(21)7-8-15(14)22/h2-10H,1H3,(H,24,26). The van der Waals surface area contributed by atoms with Crippen LogP contribution in [-0.4, -0.2) is 15.6 Å². The smallest absolute Gasteiger partial charge is 0.267 e. The fourth-order valence-corrected chi connectivity index (χ4v) is 3.98. The van der Waals surface area contributed by atoms with Gasteiger partial charge in [-0.15, -0.1) is 11.3 Å². The summed E-state index contributed by atoms with van der Waals surface area (Å²) in [4.78, 5) is 31.0. The first-order chi connectivity index (χ1) is 13.5. The van der Waals surface area contributed by atoms with E-state index in [4.69, 9.17) is 0 Å². The van der Waals surface area contributed by atoms with Crippen molar-refractivity contribution in [2.75, 3.05) is 5.43 Å². The summed E-state index contributed by atoms with van der Waals surface area (Å²) in [5.41, 5.74) is 2.86. The Bertz CT molecular complexity index is 1270. The number of halogens is 2. The predicted octanol–water partition coefficient (Wildman–Crippen LogP) is 4.10. The third-order valence-corrected chi connectivity index (χ3v) is 5.26. The minimum absolute atomic E-state index is 0.358. The summed E-state index contributed by atoms with van der Waals surface area (Å²) in [5, 5.41) is 0.358. The zero-order chi connectivity index (χ0) is 19.8. The minimum atomic E-state index is -0.950. The van der Waals surface area contributed by atoms with Crippen molar-refractivity contribution in [1.29, 1.82) is 0 Å². The second kappa shape index (κ2) is 6.97. The van der Waals surface area contributed by atoms with Gasteiger partial charge in [0.15, 0.2) is 0 Å². The molecular formula is C20H13F2N3O2S. The van der Waals surface area contributed by atoms with Gasteiger partial charge in [0.2, 0.25) is 0 Å². The lowest BCUT2D eigenvalue weighted by Gasteiger charge is -2.09. The number of carbonyl (C=O) groups excluding carboxylic acids is 1. The lowest BCUT2D eigenvalue weighted by molar-refractivity contribution is 0.100. The van der Waals surface area contributed by atoms with Crippen molar-refractivity contribution >= 4 is 27.5 Å². The van der Waals surface area contributed by atoms with Crippen molar-refractivity contribution in [2.24, 2.45) is 0 Å². The highest BCUT2D eigenvalue weighted by molar-refractivity contribution is 7.19. The van der Waals surface area contributed by atoms with E-state index in [1.807, 2.05) is 37.3 Å². The molecule has 0 bridgehead atoms. The third-order valence-electron chi connectivity index (χ3n) is 4.25. The second-order valence-electron chi connectivity index (χ2n) is 6.06. The largest absolute Gasteiger partial charge is 0.281 e. The van der Waals surface area contributed by atoms with Crippen LogP contribution in [0.5, 0.6) is 0 Å². The van der Waals surface area contributed by atoms with E-state index in [-0.39, 0.29) is 0 Å². The van der Waals surface area contributed by atoms with Crippen LogP contribution in [0.15, 0.2) is 59.7 Å². The highest BCUT2D eigenvalue weighted by Crippen LogP contribution is 2.35. The summed E-state index contributed by atoms with van der Waals surface area (Å²) in [5.74, 6) is -2.60. The molecule has 0 unspecified atom stereocenters. The predicted molar refractivity (Wildman–Crippen MR) is 104 cm³/mol. The molecule has 4 aromatic rings. The van der Waals surface area contributed by atoms with Gasteiger partial charge in [0.1, 0.15) is 22.8 Å². The molecule has 1 amide bonds. The van der Waals surface area contributed by atoms with Crippen LogP contribution in [0, 0.1) is 18.6 Å². The van der Waals surface area contributed by atoms with Crippen LogP contribution in [0.25, 0.3) is 21.3 Å². The molecule has 2 aromatic carbocycles. The molecule has 2 heterocycles. The fourth-order valence-electron chi connectivity index (χ4n) is 2.98. The van der Waals surface area contributed by atoms with Crippen molar-refractivity contribution in [3.05, 3.63) is 87.3 Å². The molecule has 28 heavy (non-hydrogen) atoms. The van der Waals surface area contributed by atoms with E-state index >= 15 is 0 Å². The lowest BCUT2D eigenvalue weighted by Crippen LogP contribution is -2.33. The number of rotatable bonds is 3. The van der Waals surface area contributed by atoms with E-state index in [0.29, 0.717) is 10.2 Å². The molecule has 0 aliphatic carbocycles. The molecule has 4 rings (SSSR count). The first kappa shape index (κ1) is 18.0. The molecule has 0 radical (unpaired) electrons. The minimum Gasteiger partial charge on any atom is -0.267 e. The van der Waals surface area contributed by atoms with Crippen LogP contribution in [-0.2, 0) is 0 Å². The highest BCUT2D eigenvalue weighted by Gasteiger charge is 2.19. The Hall–Kier alpha value is -3.39. The maximum atomic E-state index is 13.8. The Morgan fingerprint density at radius 3 is 2.64 bits per heavy atom. The topological polar surface area (TPSA) is 64.0 Å². The van der Waals surface area contributed by atoms with E-state index in [2.05, 4.69) is 10.4 Å². The molecule has 0 fully saturated rings. The Labute approximate surface area is 161 Å². The first-order valence-electron chi connectivity index (χ1n) is 8.28. The van der Waals surface area contributed by atoms with Crippen molar-refractivity contribution < 1.29 is 13.6 Å². The van der Waals surface area contributed by atoms with Gasteiger partial charge < -0.3 is 0 Å². The van der Waals surface area contributed by atoms with Crippen LogP contribution in [0.4, 0.5) is 8.78 Å². The number of hydrogen-bond acceptors (Lipinski definition) is 4. The Kier molecular flexibility index (Phi) is 4.48. The van der Waals surface area contributed by atoms with E-state index in [1.165, 1.54) is 11.3 Å². The summed E-state index contributed by atoms with van der Waals surface area (Å²) in [7, 11) is 0. The van der Waals surface area contributed by atoms with Gasteiger partial charge in [-0.3, -0.25) is 15.0 Å². The van der Waals surface area contributed by atoms with E-state index in [9.17, 15) is 18.4 Å². The molecule has 0 aliphatic heterocycles. The van der Waals surface area contributed by atoms with Gasteiger partial charge >= 0.3 is 0 Å². The normalized spacial score (nSPS) is 11.0. The maximum Gasteiger partial charge on any atom is 0.281 e. The van der Waals surface area contributed by atoms with E-state index < -0.39 is 28.7 Å². The maximum absolute atomic E-state index is 13.8. The quantitative estimate of drug-likeness (QED) is 0.566. The first-order valence-corrected chi connectivity index (χ1v) is 9.10. The Morgan fingerprint density at radius 1 is 1.14 bits per heavy atom. The van der Waals surface area contributed by atoms with Crippen molar-refractivity contribution in [3.63, 3.8) is 0 Å². The number of fused-ring (bicyclic) bond motifs is 1. The van der Waals surface area contributed by atoms with Gasteiger partial charge in [0, 0.05) is 10.4 Å². The highest BCUT2D eigenvalue weighted by atomic mass is 32.1. The number of aromatic nitrogens is 2. The number of nitrogens with zero attached hydrogens (tertiary/aromatic N) is 2. The zero-order valence-corrected chi connectivity index (χ0v) is 15.4. The van der Waals surface area contributed by atoms with Gasteiger partial charge in [-0.05, 0) is 30.7 Å². The van der Waals surface area contributed by atoms with Crippen LogP contribution < -0.4 is 11.0 Å². The van der Waals surface area contributed by atoms with Gasteiger partial charge in [-0.2, -0.15) is 0 Å². The van der Waals surface area contributed by atoms with E-state index in [0.717, 1.165) is 45.2 Å². The molecular weight excluding hydrogens is 384 g/mol. The van der Waals surface area contributed by atoms with Crippen molar-refractivity contribution in [2.45, 2.75) is 6.92 Å². The summed E-state index contributed by atoms with van der Waals surface area (Å²) in [6, 6.07) is 11.9. The molecule has 0 saturated heterocycles. The van der Waals surface area contributed by atoms with E-state index in [1.54, 1.807) is 0 Å². The zero-order valence-electron chi connectivity index (χ0n) is 14.6. The van der Waals surface area contributed by atoms with Gasteiger partial charge in [0.05, 0.1) is 10.9 Å². The summed E-state index contributed by atoms with van der Waals surface area (Å²) >= 11 is 1.37. The Morgan fingerprint density at radius 2 is 1.89 bits per heavy atom. The van der Waals surface area contributed by atoms with Crippen molar-refractivity contribution in [3.8, 4) is 11.1 Å². The third kappa shape index (κ3) is 3.07. The molecule has 2 aromatic heterocycles. The summed E-state index contributed by atoms with van der Waals surface area (Å²) < 4.78 is 28.1. The molecule has 140 valence electrons. The average molecular weight is 397 g/mol. The Balaban J connectivity index is 1.81. The molecule has 0 saturated carbocycles. The number of hydrogen-bond donors (Lipinski definition) is 1. The van der Waals surface area contributed by atoms with Gasteiger partial charge in [0.25, 0.3) is 11.5 Å². The van der Waals surface area contributed by atoms with Crippen molar-refractivity contribution in [1.82, 2.24) is 9.66 Å². The lowest BCUT2D eigenvalue weighted by atomic mass is 10.0.